The highest BCUT2D eigenvalue weighted by Gasteiger charge is 2.13. The van der Waals surface area contributed by atoms with Crippen LogP contribution < -0.4 is 10.1 Å². The third-order valence-electron chi connectivity index (χ3n) is 2.87. The minimum Gasteiger partial charge on any atom is -0.492 e. The fraction of sp³-hybridized carbons (Fsp3) is 0.562. The number of hydrogen-bond donors (Lipinski definition) is 1. The van der Waals surface area contributed by atoms with Gasteiger partial charge in [0.1, 0.15) is 12.4 Å². The van der Waals surface area contributed by atoms with E-state index in [1.165, 1.54) is 5.56 Å². The highest BCUT2D eigenvalue weighted by atomic mass is 16.5. The maximum atomic E-state index is 11.3. The Morgan fingerprint density at radius 1 is 1.32 bits per heavy atom. The number of carbonyl (C=O) groups excluding carboxylic acids is 1. The van der Waals surface area contributed by atoms with Crippen molar-refractivity contribution in [1.29, 1.82) is 0 Å². The summed E-state index contributed by atoms with van der Waals surface area (Å²) in [6.45, 7) is 9.58. The lowest BCUT2D eigenvalue weighted by Crippen LogP contribution is -2.27. The molecule has 0 saturated heterocycles. The lowest BCUT2D eigenvalue weighted by molar-refractivity contribution is -0.121. The molecule has 0 spiro atoms. The molecule has 0 aliphatic heterocycles. The first-order valence-corrected chi connectivity index (χ1v) is 6.93. The molecule has 0 unspecified atom stereocenters. The zero-order valence-electron chi connectivity index (χ0n) is 12.5. The van der Waals surface area contributed by atoms with Gasteiger partial charge in [0.2, 0.25) is 5.91 Å². The quantitative estimate of drug-likeness (QED) is 0.800. The van der Waals surface area contributed by atoms with Crippen molar-refractivity contribution in [2.45, 2.75) is 46.0 Å². The molecule has 1 rings (SSSR count). The summed E-state index contributed by atoms with van der Waals surface area (Å²) in [7, 11) is 0. The van der Waals surface area contributed by atoms with Crippen LogP contribution in [-0.2, 0) is 10.2 Å². The first-order chi connectivity index (χ1) is 8.93. The summed E-state index contributed by atoms with van der Waals surface area (Å²) in [4.78, 5) is 11.3. The number of rotatable bonds is 6. The summed E-state index contributed by atoms with van der Waals surface area (Å²) in [5.41, 5.74) is 1.37. The molecule has 1 aromatic rings. The average Bonchev–Trinajstić information content (AvgIpc) is 2.34. The SMILES string of the molecule is CCCC(=O)NCCOc1cccc(C(C)(C)C)c1. The van der Waals surface area contributed by atoms with Crippen LogP contribution in [0.1, 0.15) is 46.1 Å². The van der Waals surface area contributed by atoms with E-state index in [4.69, 9.17) is 4.74 Å². The topological polar surface area (TPSA) is 38.3 Å². The molecule has 0 aliphatic carbocycles. The van der Waals surface area contributed by atoms with Gasteiger partial charge in [-0.15, -0.1) is 0 Å². The van der Waals surface area contributed by atoms with Gasteiger partial charge in [-0.1, -0.05) is 39.8 Å². The Balaban J connectivity index is 2.40. The van der Waals surface area contributed by atoms with E-state index in [0.717, 1.165) is 12.2 Å². The van der Waals surface area contributed by atoms with Crippen molar-refractivity contribution >= 4 is 5.91 Å². The number of hydrogen-bond acceptors (Lipinski definition) is 2. The van der Waals surface area contributed by atoms with Crippen LogP contribution in [0.4, 0.5) is 0 Å². The average molecular weight is 263 g/mol. The predicted octanol–water partition coefficient (Wildman–Crippen LogP) is 3.28. The third kappa shape index (κ3) is 5.77. The van der Waals surface area contributed by atoms with Crippen molar-refractivity contribution in [3.63, 3.8) is 0 Å². The van der Waals surface area contributed by atoms with Gasteiger partial charge in [-0.3, -0.25) is 4.79 Å². The van der Waals surface area contributed by atoms with Crippen molar-refractivity contribution in [2.75, 3.05) is 13.2 Å². The number of benzene rings is 1. The molecule has 0 fully saturated rings. The number of ether oxygens (including phenoxy) is 1. The number of carbonyl (C=O) groups is 1. The molecular weight excluding hydrogens is 238 g/mol. The van der Waals surface area contributed by atoms with Crippen LogP contribution in [0.5, 0.6) is 5.75 Å². The standard InChI is InChI=1S/C16H25NO2/c1-5-7-15(18)17-10-11-19-14-9-6-8-13(12-14)16(2,3)4/h6,8-9,12H,5,7,10-11H2,1-4H3,(H,17,18). The Morgan fingerprint density at radius 3 is 2.68 bits per heavy atom. The van der Waals surface area contributed by atoms with Gasteiger partial charge in [0, 0.05) is 6.42 Å². The molecule has 1 aromatic carbocycles. The van der Waals surface area contributed by atoms with Crippen LogP contribution in [0.3, 0.4) is 0 Å². The lowest BCUT2D eigenvalue weighted by Gasteiger charge is -2.19. The molecule has 0 aliphatic rings. The minimum atomic E-state index is 0.0922. The van der Waals surface area contributed by atoms with E-state index in [1.54, 1.807) is 0 Å². The van der Waals surface area contributed by atoms with Crippen molar-refractivity contribution in [3.05, 3.63) is 29.8 Å². The lowest BCUT2D eigenvalue weighted by atomic mass is 9.87. The van der Waals surface area contributed by atoms with Crippen LogP contribution in [-0.4, -0.2) is 19.1 Å². The predicted molar refractivity (Wildman–Crippen MR) is 78.6 cm³/mol. The molecule has 1 amide bonds. The first kappa shape index (κ1) is 15.5. The maximum absolute atomic E-state index is 11.3. The van der Waals surface area contributed by atoms with Crippen molar-refractivity contribution < 1.29 is 9.53 Å². The Kier molecular flexibility index (Phi) is 5.87. The van der Waals surface area contributed by atoms with Gasteiger partial charge in [0.05, 0.1) is 6.54 Å². The van der Waals surface area contributed by atoms with Crippen LogP contribution in [0.15, 0.2) is 24.3 Å². The summed E-state index contributed by atoms with van der Waals surface area (Å²) >= 11 is 0. The Hall–Kier alpha value is -1.51. The van der Waals surface area contributed by atoms with Crippen LogP contribution in [0.2, 0.25) is 0 Å². The monoisotopic (exact) mass is 263 g/mol. The summed E-state index contributed by atoms with van der Waals surface area (Å²) in [5.74, 6) is 0.951. The van der Waals surface area contributed by atoms with Crippen molar-refractivity contribution in [1.82, 2.24) is 5.32 Å². The zero-order valence-corrected chi connectivity index (χ0v) is 12.5. The summed E-state index contributed by atoms with van der Waals surface area (Å²) in [6.07, 6.45) is 1.46. The van der Waals surface area contributed by atoms with Gasteiger partial charge < -0.3 is 10.1 Å². The van der Waals surface area contributed by atoms with E-state index in [2.05, 4.69) is 38.2 Å². The first-order valence-electron chi connectivity index (χ1n) is 6.93. The molecule has 0 bridgehead atoms. The molecule has 3 nitrogen and oxygen atoms in total. The second-order valence-electron chi connectivity index (χ2n) is 5.73. The second-order valence-corrected chi connectivity index (χ2v) is 5.73. The molecule has 106 valence electrons. The van der Waals surface area contributed by atoms with Crippen LogP contribution >= 0.6 is 0 Å². The molecule has 0 saturated carbocycles. The van der Waals surface area contributed by atoms with Crippen molar-refractivity contribution in [3.8, 4) is 5.75 Å². The minimum absolute atomic E-state index is 0.0922. The van der Waals surface area contributed by atoms with Gasteiger partial charge in [-0.2, -0.15) is 0 Å². The van der Waals surface area contributed by atoms with Gasteiger partial charge in [0.25, 0.3) is 0 Å². The van der Waals surface area contributed by atoms with E-state index in [0.29, 0.717) is 19.6 Å². The maximum Gasteiger partial charge on any atom is 0.220 e. The summed E-state index contributed by atoms with van der Waals surface area (Å²) < 4.78 is 5.66. The molecule has 0 atom stereocenters. The van der Waals surface area contributed by atoms with E-state index in [1.807, 2.05) is 19.1 Å². The van der Waals surface area contributed by atoms with Crippen molar-refractivity contribution in [2.24, 2.45) is 0 Å². The highest BCUT2D eigenvalue weighted by molar-refractivity contribution is 5.75. The second kappa shape index (κ2) is 7.17. The summed E-state index contributed by atoms with van der Waals surface area (Å²) in [5, 5.41) is 2.83. The Morgan fingerprint density at radius 2 is 2.05 bits per heavy atom. The molecule has 0 aromatic heterocycles. The molecule has 0 heterocycles. The van der Waals surface area contributed by atoms with Gasteiger partial charge >= 0.3 is 0 Å². The largest absolute Gasteiger partial charge is 0.492 e. The zero-order chi connectivity index (χ0) is 14.3. The molecule has 3 heteroatoms. The Bertz CT molecular complexity index is 407. The smallest absolute Gasteiger partial charge is 0.220 e. The molecule has 19 heavy (non-hydrogen) atoms. The van der Waals surface area contributed by atoms with Gasteiger partial charge in [0.15, 0.2) is 0 Å². The highest BCUT2D eigenvalue weighted by Crippen LogP contribution is 2.25. The fourth-order valence-electron chi connectivity index (χ4n) is 1.73. The van der Waals surface area contributed by atoms with Gasteiger partial charge in [-0.05, 0) is 29.5 Å². The van der Waals surface area contributed by atoms with Crippen LogP contribution in [0.25, 0.3) is 0 Å². The third-order valence-corrected chi connectivity index (χ3v) is 2.87. The van der Waals surface area contributed by atoms with Crippen LogP contribution in [0, 0.1) is 0 Å². The molecule has 0 radical (unpaired) electrons. The molecule has 1 N–H and O–H groups in total. The normalized spacial score (nSPS) is 11.2. The van der Waals surface area contributed by atoms with Gasteiger partial charge in [-0.25, -0.2) is 0 Å². The molecular formula is C16H25NO2. The van der Waals surface area contributed by atoms with E-state index < -0.39 is 0 Å². The van der Waals surface area contributed by atoms with E-state index >= 15 is 0 Å². The van der Waals surface area contributed by atoms with E-state index in [-0.39, 0.29) is 11.3 Å². The summed E-state index contributed by atoms with van der Waals surface area (Å²) in [6, 6.07) is 8.12. The fourth-order valence-corrected chi connectivity index (χ4v) is 1.73. The number of amides is 1. The number of nitrogens with one attached hydrogen (secondary N) is 1. The van der Waals surface area contributed by atoms with E-state index in [9.17, 15) is 4.79 Å². The Labute approximate surface area is 116 Å².